The fraction of sp³-hybridized carbons (Fsp3) is 0.769. The third kappa shape index (κ3) is 3.34. The van der Waals surface area contributed by atoms with Crippen LogP contribution in [0.25, 0.3) is 0 Å². The summed E-state index contributed by atoms with van der Waals surface area (Å²) in [6, 6.07) is 0.567. The summed E-state index contributed by atoms with van der Waals surface area (Å²) in [5.74, 6) is 1.91. The Morgan fingerprint density at radius 2 is 2.00 bits per heavy atom. The molecule has 0 saturated heterocycles. The predicted octanol–water partition coefficient (Wildman–Crippen LogP) is 2.82. The zero-order chi connectivity index (χ0) is 12.0. The van der Waals surface area contributed by atoms with E-state index in [-0.39, 0.29) is 0 Å². The monoisotopic (exact) mass is 223 g/mol. The first-order valence-electron chi connectivity index (χ1n) is 6.46. The Morgan fingerprint density at radius 3 is 2.56 bits per heavy atom. The number of aromatic nitrogens is 2. The molecule has 1 aromatic rings. The van der Waals surface area contributed by atoms with E-state index in [2.05, 4.69) is 42.6 Å². The Labute approximate surface area is 99.3 Å². The minimum Gasteiger partial charge on any atom is -0.334 e. The van der Waals surface area contributed by atoms with Crippen LogP contribution in [-0.2, 0) is 13.1 Å². The lowest BCUT2D eigenvalue weighted by atomic mass is 9.95. The van der Waals surface area contributed by atoms with Crippen LogP contribution in [0.5, 0.6) is 0 Å². The molecule has 0 spiro atoms. The molecule has 1 atom stereocenters. The molecule has 0 aliphatic rings. The number of nitrogens with one attached hydrogen (secondary N) is 1. The maximum absolute atomic E-state index is 4.37. The van der Waals surface area contributed by atoms with Gasteiger partial charge in [0.2, 0.25) is 0 Å². The van der Waals surface area contributed by atoms with Gasteiger partial charge in [-0.3, -0.25) is 0 Å². The molecule has 3 nitrogen and oxygen atoms in total. The van der Waals surface area contributed by atoms with Gasteiger partial charge in [0.15, 0.2) is 0 Å². The van der Waals surface area contributed by atoms with E-state index in [1.54, 1.807) is 0 Å². The number of rotatable bonds is 7. The van der Waals surface area contributed by atoms with Crippen molar-refractivity contribution in [3.63, 3.8) is 0 Å². The molecule has 0 aliphatic carbocycles. The van der Waals surface area contributed by atoms with Gasteiger partial charge in [0.05, 0.1) is 6.54 Å². The number of hydrogen-bond acceptors (Lipinski definition) is 2. The minimum absolute atomic E-state index is 0.567. The standard InChI is InChI=1S/C13H25N3/c1-5-12(6-2)11(4)15-10-13-14-8-9-16(13)7-3/h8-9,11-12,15H,5-7,10H2,1-4H3. The third-order valence-electron chi connectivity index (χ3n) is 3.48. The highest BCUT2D eigenvalue weighted by Gasteiger charge is 2.13. The van der Waals surface area contributed by atoms with Crippen molar-refractivity contribution in [2.45, 2.75) is 59.7 Å². The summed E-state index contributed by atoms with van der Waals surface area (Å²) in [7, 11) is 0. The highest BCUT2D eigenvalue weighted by Crippen LogP contribution is 2.13. The first-order chi connectivity index (χ1) is 7.72. The molecule has 0 bridgehead atoms. The smallest absolute Gasteiger partial charge is 0.122 e. The lowest BCUT2D eigenvalue weighted by Gasteiger charge is -2.22. The first-order valence-corrected chi connectivity index (χ1v) is 6.46. The minimum atomic E-state index is 0.567. The zero-order valence-electron chi connectivity index (χ0n) is 11.0. The van der Waals surface area contributed by atoms with Gasteiger partial charge in [-0.25, -0.2) is 4.98 Å². The second-order valence-electron chi connectivity index (χ2n) is 4.38. The van der Waals surface area contributed by atoms with Gasteiger partial charge in [0.25, 0.3) is 0 Å². The molecule has 1 aromatic heterocycles. The fourth-order valence-electron chi connectivity index (χ4n) is 2.21. The average Bonchev–Trinajstić information content (AvgIpc) is 2.75. The topological polar surface area (TPSA) is 29.9 Å². The lowest BCUT2D eigenvalue weighted by molar-refractivity contribution is 0.348. The van der Waals surface area contributed by atoms with Crippen molar-refractivity contribution >= 4 is 0 Å². The highest BCUT2D eigenvalue weighted by molar-refractivity contribution is 4.92. The van der Waals surface area contributed by atoms with Crippen molar-refractivity contribution in [1.82, 2.24) is 14.9 Å². The molecule has 3 heteroatoms. The molecule has 1 N–H and O–H groups in total. The molecule has 1 unspecified atom stereocenters. The molecular weight excluding hydrogens is 198 g/mol. The van der Waals surface area contributed by atoms with Crippen LogP contribution in [0.1, 0.15) is 46.4 Å². The summed E-state index contributed by atoms with van der Waals surface area (Å²) in [4.78, 5) is 4.37. The number of hydrogen-bond donors (Lipinski definition) is 1. The van der Waals surface area contributed by atoms with E-state index < -0.39 is 0 Å². The molecule has 1 rings (SSSR count). The van der Waals surface area contributed by atoms with Gasteiger partial charge in [-0.05, 0) is 19.8 Å². The Hall–Kier alpha value is -0.830. The summed E-state index contributed by atoms with van der Waals surface area (Å²) in [5.41, 5.74) is 0. The van der Waals surface area contributed by atoms with Crippen molar-refractivity contribution in [2.75, 3.05) is 0 Å². The SMILES string of the molecule is CCC(CC)C(C)NCc1nccn1CC. The molecule has 0 aliphatic heterocycles. The van der Waals surface area contributed by atoms with Gasteiger partial charge in [-0.15, -0.1) is 0 Å². The maximum atomic E-state index is 4.37. The normalized spacial score (nSPS) is 13.3. The Kier molecular flexibility index (Phi) is 5.53. The Bertz CT molecular complexity index is 289. The van der Waals surface area contributed by atoms with Gasteiger partial charge in [0.1, 0.15) is 5.82 Å². The van der Waals surface area contributed by atoms with Gasteiger partial charge < -0.3 is 9.88 Å². The molecule has 0 aromatic carbocycles. The maximum Gasteiger partial charge on any atom is 0.122 e. The van der Waals surface area contributed by atoms with Crippen LogP contribution in [-0.4, -0.2) is 15.6 Å². The van der Waals surface area contributed by atoms with Crippen molar-refractivity contribution in [1.29, 1.82) is 0 Å². The number of aryl methyl sites for hydroxylation is 1. The summed E-state index contributed by atoms with van der Waals surface area (Å²) in [6.45, 7) is 10.8. The fourth-order valence-corrected chi connectivity index (χ4v) is 2.21. The second-order valence-corrected chi connectivity index (χ2v) is 4.38. The highest BCUT2D eigenvalue weighted by atomic mass is 15.1. The lowest BCUT2D eigenvalue weighted by Crippen LogP contribution is -2.33. The summed E-state index contributed by atoms with van der Waals surface area (Å²) in [6.07, 6.45) is 6.40. The number of nitrogens with zero attached hydrogens (tertiary/aromatic N) is 2. The Morgan fingerprint density at radius 1 is 1.31 bits per heavy atom. The van der Waals surface area contributed by atoms with E-state index in [1.807, 2.05) is 12.4 Å². The Balaban J connectivity index is 2.45. The summed E-state index contributed by atoms with van der Waals surface area (Å²) >= 11 is 0. The summed E-state index contributed by atoms with van der Waals surface area (Å²) in [5, 5.41) is 3.58. The van der Waals surface area contributed by atoms with Crippen LogP contribution in [0, 0.1) is 5.92 Å². The van der Waals surface area contributed by atoms with Crippen LogP contribution in [0.15, 0.2) is 12.4 Å². The van der Waals surface area contributed by atoms with Gasteiger partial charge >= 0.3 is 0 Å². The van der Waals surface area contributed by atoms with E-state index in [0.29, 0.717) is 6.04 Å². The van der Waals surface area contributed by atoms with Crippen LogP contribution in [0.2, 0.25) is 0 Å². The molecular formula is C13H25N3. The van der Waals surface area contributed by atoms with Gasteiger partial charge in [-0.2, -0.15) is 0 Å². The predicted molar refractivity (Wildman–Crippen MR) is 68.3 cm³/mol. The van der Waals surface area contributed by atoms with E-state index in [0.717, 1.165) is 24.8 Å². The first kappa shape index (κ1) is 13.2. The van der Waals surface area contributed by atoms with Gasteiger partial charge in [0, 0.05) is 25.0 Å². The zero-order valence-corrected chi connectivity index (χ0v) is 11.0. The van der Waals surface area contributed by atoms with Gasteiger partial charge in [-0.1, -0.05) is 26.7 Å². The molecule has 0 fully saturated rings. The van der Waals surface area contributed by atoms with E-state index >= 15 is 0 Å². The van der Waals surface area contributed by atoms with Crippen LogP contribution >= 0.6 is 0 Å². The third-order valence-corrected chi connectivity index (χ3v) is 3.48. The van der Waals surface area contributed by atoms with E-state index in [1.165, 1.54) is 12.8 Å². The average molecular weight is 223 g/mol. The molecule has 0 amide bonds. The molecule has 1 heterocycles. The largest absolute Gasteiger partial charge is 0.334 e. The molecule has 16 heavy (non-hydrogen) atoms. The second kappa shape index (κ2) is 6.69. The summed E-state index contributed by atoms with van der Waals surface area (Å²) < 4.78 is 2.19. The van der Waals surface area contributed by atoms with Crippen molar-refractivity contribution in [3.8, 4) is 0 Å². The van der Waals surface area contributed by atoms with E-state index in [4.69, 9.17) is 0 Å². The van der Waals surface area contributed by atoms with Crippen LogP contribution < -0.4 is 5.32 Å². The molecule has 0 radical (unpaired) electrons. The quantitative estimate of drug-likeness (QED) is 0.770. The van der Waals surface area contributed by atoms with E-state index in [9.17, 15) is 0 Å². The number of imidazole rings is 1. The van der Waals surface area contributed by atoms with Crippen molar-refractivity contribution in [2.24, 2.45) is 5.92 Å². The van der Waals surface area contributed by atoms with Crippen molar-refractivity contribution < 1.29 is 0 Å². The molecule has 0 saturated carbocycles. The van der Waals surface area contributed by atoms with Crippen LogP contribution in [0.4, 0.5) is 0 Å². The van der Waals surface area contributed by atoms with Crippen LogP contribution in [0.3, 0.4) is 0 Å². The van der Waals surface area contributed by atoms with Crippen molar-refractivity contribution in [3.05, 3.63) is 18.2 Å². The molecule has 92 valence electrons.